The van der Waals surface area contributed by atoms with Crippen molar-refractivity contribution in [3.8, 4) is 17.1 Å². The third-order valence-electron chi connectivity index (χ3n) is 8.14. The molecule has 1 saturated heterocycles. The van der Waals surface area contributed by atoms with E-state index in [1.54, 1.807) is 23.8 Å². The first kappa shape index (κ1) is 31.4. The number of rotatable bonds is 13. The highest BCUT2D eigenvalue weighted by Crippen LogP contribution is 2.35. The van der Waals surface area contributed by atoms with E-state index in [1.165, 1.54) is 4.31 Å². The lowest BCUT2D eigenvalue weighted by Gasteiger charge is -2.31. The molecule has 0 bridgehead atoms. The first-order chi connectivity index (χ1) is 19.8. The van der Waals surface area contributed by atoms with Crippen molar-refractivity contribution in [2.45, 2.75) is 83.5 Å². The van der Waals surface area contributed by atoms with E-state index < -0.39 is 10.0 Å². The third kappa shape index (κ3) is 7.45. The summed E-state index contributed by atoms with van der Waals surface area (Å²) in [5.74, 6) is 1.53. The summed E-state index contributed by atoms with van der Waals surface area (Å²) in [5.41, 5.74) is 4.48. The number of allylic oxidation sites excluding steroid dienone is 2. The molecule has 4 rings (SSSR count). The standard InChI is InChI=1S/C30H44N4O6S/c1-4-7-23-19-21(6-3)8-10-25-28(23)31-29(32-30(25)35)26-20-24(9-11-27(26)39-17-5-2)41(37,38)34-15-12-22(13-16-34)14-18-40-33-36/h9,11,19-22,33,36H,4-8,10,12-18H2,1-3H3,(H,31,32,35). The van der Waals surface area contributed by atoms with Gasteiger partial charge in [0.05, 0.1) is 29.4 Å². The first-order valence-corrected chi connectivity index (χ1v) is 16.4. The van der Waals surface area contributed by atoms with Gasteiger partial charge in [-0.3, -0.25) is 14.8 Å². The first-order valence-electron chi connectivity index (χ1n) is 14.9. The molecule has 0 radical (unpaired) electrons. The smallest absolute Gasteiger partial charge is 0.254 e. The van der Waals surface area contributed by atoms with Crippen molar-refractivity contribution in [2.24, 2.45) is 11.8 Å². The average molecular weight is 589 g/mol. The number of nitrogens with one attached hydrogen (secondary N) is 2. The molecule has 0 amide bonds. The Morgan fingerprint density at radius 3 is 2.59 bits per heavy atom. The Bertz CT molecular complexity index is 1370. The quantitative estimate of drug-likeness (QED) is 0.218. The van der Waals surface area contributed by atoms with Crippen LogP contribution in [0, 0.1) is 11.8 Å². The van der Waals surface area contributed by atoms with Crippen molar-refractivity contribution in [3.63, 3.8) is 0 Å². The van der Waals surface area contributed by atoms with Crippen LogP contribution in [0.4, 0.5) is 0 Å². The summed E-state index contributed by atoms with van der Waals surface area (Å²) in [6.07, 6.45) is 9.55. The van der Waals surface area contributed by atoms with Crippen LogP contribution in [0.5, 0.6) is 5.75 Å². The lowest BCUT2D eigenvalue weighted by Crippen LogP contribution is -2.38. The van der Waals surface area contributed by atoms with Crippen molar-refractivity contribution in [3.05, 3.63) is 45.9 Å². The molecule has 1 aliphatic heterocycles. The maximum Gasteiger partial charge on any atom is 0.254 e. The number of aromatic amines is 1. The molecule has 0 saturated carbocycles. The van der Waals surface area contributed by atoms with Gasteiger partial charge in [0, 0.05) is 18.7 Å². The highest BCUT2D eigenvalue weighted by molar-refractivity contribution is 7.89. The molecule has 1 fully saturated rings. The molecule has 1 aromatic carbocycles. The molecule has 2 aromatic rings. The molecule has 41 heavy (non-hydrogen) atoms. The number of H-pyrrole nitrogens is 1. The fraction of sp³-hybridized carbons (Fsp3) is 0.600. The van der Waals surface area contributed by atoms with E-state index in [4.69, 9.17) is 19.8 Å². The molecule has 1 aromatic heterocycles. The summed E-state index contributed by atoms with van der Waals surface area (Å²) in [6, 6.07) is 4.84. The monoisotopic (exact) mass is 588 g/mol. The minimum atomic E-state index is -3.78. The third-order valence-corrected chi connectivity index (χ3v) is 10.0. The number of aromatic nitrogens is 2. The number of benzene rings is 1. The van der Waals surface area contributed by atoms with Crippen molar-refractivity contribution < 1.29 is 23.2 Å². The van der Waals surface area contributed by atoms with Crippen LogP contribution in [-0.2, 0) is 21.3 Å². The van der Waals surface area contributed by atoms with Crippen LogP contribution >= 0.6 is 0 Å². The van der Waals surface area contributed by atoms with Gasteiger partial charge in [0.2, 0.25) is 10.0 Å². The van der Waals surface area contributed by atoms with Gasteiger partial charge in [-0.2, -0.15) is 4.31 Å². The minimum Gasteiger partial charge on any atom is -0.493 e. The van der Waals surface area contributed by atoms with Gasteiger partial charge < -0.3 is 9.72 Å². The van der Waals surface area contributed by atoms with Crippen molar-refractivity contribution in [1.82, 2.24) is 19.9 Å². The molecule has 0 spiro atoms. The second-order valence-corrected chi connectivity index (χ2v) is 12.9. The maximum absolute atomic E-state index is 13.7. The molecular formula is C30H44N4O6S. The summed E-state index contributed by atoms with van der Waals surface area (Å²) in [4.78, 5) is 26.3. The van der Waals surface area contributed by atoms with Gasteiger partial charge in [-0.25, -0.2) is 13.4 Å². The van der Waals surface area contributed by atoms with Crippen LogP contribution in [0.15, 0.2) is 34.0 Å². The Kier molecular flexibility index (Phi) is 11.1. The van der Waals surface area contributed by atoms with Crippen LogP contribution < -0.4 is 15.9 Å². The Morgan fingerprint density at radius 1 is 1.12 bits per heavy atom. The molecule has 11 heteroatoms. The van der Waals surface area contributed by atoms with Gasteiger partial charge >= 0.3 is 0 Å². The molecule has 1 atom stereocenters. The van der Waals surface area contributed by atoms with Crippen LogP contribution in [0.3, 0.4) is 0 Å². The van der Waals surface area contributed by atoms with E-state index in [0.29, 0.717) is 80.1 Å². The zero-order valence-electron chi connectivity index (χ0n) is 24.4. The largest absolute Gasteiger partial charge is 0.493 e. The predicted molar refractivity (Wildman–Crippen MR) is 158 cm³/mol. The maximum atomic E-state index is 13.7. The molecular weight excluding hydrogens is 544 g/mol. The predicted octanol–water partition coefficient (Wildman–Crippen LogP) is 5.08. The SMILES string of the molecule is CCCOc1ccc(S(=O)(=O)N2CCC(CCONO)CC2)cc1-c1nc2c(c(=O)[nH]1)CCC(CC)C=C2CCC. The van der Waals surface area contributed by atoms with Gasteiger partial charge in [0.25, 0.3) is 5.56 Å². The average Bonchev–Trinajstić information content (AvgIpc) is 3.16. The zero-order chi connectivity index (χ0) is 29.4. The number of hydrogen-bond donors (Lipinski definition) is 3. The number of sulfonamides is 1. The van der Waals surface area contributed by atoms with Gasteiger partial charge in [0.1, 0.15) is 11.6 Å². The normalized spacial score (nSPS) is 18.5. The summed E-state index contributed by atoms with van der Waals surface area (Å²) < 4.78 is 35.0. The summed E-state index contributed by atoms with van der Waals surface area (Å²) in [5, 5.41) is 8.59. The molecule has 226 valence electrons. The molecule has 2 heterocycles. The van der Waals surface area contributed by atoms with Gasteiger partial charge in [0.15, 0.2) is 0 Å². The van der Waals surface area contributed by atoms with Crippen molar-refractivity contribution in [2.75, 3.05) is 26.3 Å². The van der Waals surface area contributed by atoms with Crippen LogP contribution in [0.1, 0.15) is 83.4 Å². The Morgan fingerprint density at radius 2 is 1.90 bits per heavy atom. The molecule has 10 nitrogen and oxygen atoms in total. The van der Waals surface area contributed by atoms with E-state index in [2.05, 4.69) is 24.9 Å². The van der Waals surface area contributed by atoms with Gasteiger partial charge in [-0.15, -0.1) is 0 Å². The molecule has 1 unspecified atom stereocenters. The highest BCUT2D eigenvalue weighted by atomic mass is 32.2. The van der Waals surface area contributed by atoms with Crippen molar-refractivity contribution >= 4 is 15.6 Å². The van der Waals surface area contributed by atoms with E-state index in [1.807, 2.05) is 6.92 Å². The molecule has 1 aliphatic carbocycles. The fourth-order valence-electron chi connectivity index (χ4n) is 5.74. The van der Waals surface area contributed by atoms with Crippen LogP contribution in [-0.4, -0.2) is 54.2 Å². The van der Waals surface area contributed by atoms with Crippen LogP contribution in [0.2, 0.25) is 0 Å². The van der Waals surface area contributed by atoms with E-state index in [0.717, 1.165) is 49.8 Å². The minimum absolute atomic E-state index is 0.149. The number of fused-ring (bicyclic) bond motifs is 1. The summed E-state index contributed by atoms with van der Waals surface area (Å²) in [6.45, 7) is 7.91. The number of piperidine rings is 1. The Hall–Kier alpha value is -2.57. The number of ether oxygens (including phenoxy) is 1. The van der Waals surface area contributed by atoms with Crippen molar-refractivity contribution in [1.29, 1.82) is 0 Å². The molecule has 3 N–H and O–H groups in total. The number of hydrogen-bond acceptors (Lipinski definition) is 8. The van der Waals surface area contributed by atoms with E-state index in [9.17, 15) is 13.2 Å². The second-order valence-electron chi connectivity index (χ2n) is 11.0. The second kappa shape index (κ2) is 14.6. The number of nitrogens with zero attached hydrogens (tertiary/aromatic N) is 2. The summed E-state index contributed by atoms with van der Waals surface area (Å²) in [7, 11) is -3.78. The highest BCUT2D eigenvalue weighted by Gasteiger charge is 2.31. The Balaban J connectivity index is 1.71. The fourth-order valence-corrected chi connectivity index (χ4v) is 7.24. The van der Waals surface area contributed by atoms with Gasteiger partial charge in [-0.05, 0) is 87.0 Å². The van der Waals surface area contributed by atoms with Gasteiger partial charge in [-0.1, -0.05) is 38.9 Å². The lowest BCUT2D eigenvalue weighted by atomic mass is 9.95. The van der Waals surface area contributed by atoms with E-state index >= 15 is 0 Å². The van der Waals surface area contributed by atoms with Crippen LogP contribution in [0.25, 0.3) is 17.0 Å². The molecule has 2 aliphatic rings. The summed E-state index contributed by atoms with van der Waals surface area (Å²) >= 11 is 0. The zero-order valence-corrected chi connectivity index (χ0v) is 25.3. The van der Waals surface area contributed by atoms with E-state index in [-0.39, 0.29) is 10.5 Å². The topological polar surface area (TPSA) is 134 Å². The Labute approximate surface area is 243 Å². The lowest BCUT2D eigenvalue weighted by molar-refractivity contribution is -0.130.